The van der Waals surface area contributed by atoms with Gasteiger partial charge < -0.3 is 14.8 Å². The van der Waals surface area contributed by atoms with Gasteiger partial charge in [0.15, 0.2) is 0 Å². The molecule has 0 fully saturated rings. The molecular formula is C21H27NO3. The van der Waals surface area contributed by atoms with Crippen LogP contribution in [0.15, 0.2) is 54.6 Å². The van der Waals surface area contributed by atoms with Gasteiger partial charge in [0.05, 0.1) is 0 Å². The van der Waals surface area contributed by atoms with Gasteiger partial charge in [0, 0.05) is 6.04 Å². The third-order valence-electron chi connectivity index (χ3n) is 3.80. The number of nitrogens with one attached hydrogen (secondary N) is 1. The number of carbonyl (C=O) groups is 1. The number of para-hydroxylation sites is 1. The Balaban J connectivity index is 1.77. The zero-order valence-electron chi connectivity index (χ0n) is 15.2. The molecule has 0 heterocycles. The first-order valence-corrected chi connectivity index (χ1v) is 8.84. The van der Waals surface area contributed by atoms with E-state index in [0.29, 0.717) is 17.4 Å². The van der Waals surface area contributed by atoms with Crippen LogP contribution in [0.3, 0.4) is 0 Å². The smallest absolute Gasteiger partial charge is 0.412 e. The second-order valence-corrected chi connectivity index (χ2v) is 6.65. The normalized spacial score (nSPS) is 11.8. The Morgan fingerprint density at radius 2 is 1.48 bits per heavy atom. The van der Waals surface area contributed by atoms with Gasteiger partial charge in [-0.05, 0) is 55.7 Å². The average molecular weight is 341 g/mol. The van der Waals surface area contributed by atoms with Crippen molar-refractivity contribution >= 4 is 6.09 Å². The fourth-order valence-electron chi connectivity index (χ4n) is 2.44. The van der Waals surface area contributed by atoms with Crippen molar-refractivity contribution in [3.05, 3.63) is 54.6 Å². The van der Waals surface area contributed by atoms with Crippen LogP contribution in [0, 0.1) is 5.92 Å². The van der Waals surface area contributed by atoms with E-state index in [4.69, 9.17) is 9.47 Å². The van der Waals surface area contributed by atoms with Crippen molar-refractivity contribution in [1.82, 2.24) is 5.32 Å². The number of hydrogen-bond donors (Lipinski definition) is 1. The van der Waals surface area contributed by atoms with E-state index >= 15 is 0 Å². The van der Waals surface area contributed by atoms with Gasteiger partial charge in [-0.1, -0.05) is 44.9 Å². The van der Waals surface area contributed by atoms with Crippen molar-refractivity contribution < 1.29 is 14.3 Å². The first kappa shape index (κ1) is 18.8. The largest absolute Gasteiger partial charge is 0.457 e. The van der Waals surface area contributed by atoms with E-state index in [2.05, 4.69) is 19.2 Å². The Morgan fingerprint density at radius 3 is 2.12 bits per heavy atom. The lowest BCUT2D eigenvalue weighted by atomic mass is 10.0. The molecule has 0 aliphatic carbocycles. The summed E-state index contributed by atoms with van der Waals surface area (Å²) in [6, 6.07) is 16.7. The van der Waals surface area contributed by atoms with Gasteiger partial charge in [-0.3, -0.25) is 0 Å². The van der Waals surface area contributed by atoms with Crippen LogP contribution in [0.2, 0.25) is 0 Å². The average Bonchev–Trinajstić information content (AvgIpc) is 2.57. The van der Waals surface area contributed by atoms with E-state index < -0.39 is 6.09 Å². The highest BCUT2D eigenvalue weighted by atomic mass is 16.6. The van der Waals surface area contributed by atoms with Crippen molar-refractivity contribution in [3.8, 4) is 17.2 Å². The fourth-order valence-corrected chi connectivity index (χ4v) is 2.44. The van der Waals surface area contributed by atoms with E-state index in [-0.39, 0.29) is 6.04 Å². The maximum atomic E-state index is 11.9. The highest BCUT2D eigenvalue weighted by Crippen LogP contribution is 2.23. The van der Waals surface area contributed by atoms with E-state index in [1.54, 1.807) is 24.3 Å². The third kappa shape index (κ3) is 7.29. The number of benzene rings is 2. The van der Waals surface area contributed by atoms with Gasteiger partial charge in [-0.2, -0.15) is 0 Å². The second-order valence-electron chi connectivity index (χ2n) is 6.65. The molecule has 1 N–H and O–H groups in total. The van der Waals surface area contributed by atoms with Crippen molar-refractivity contribution in [3.63, 3.8) is 0 Å². The van der Waals surface area contributed by atoms with Crippen LogP contribution in [-0.4, -0.2) is 12.1 Å². The summed E-state index contributed by atoms with van der Waals surface area (Å²) in [5.74, 6) is 2.65. The lowest BCUT2D eigenvalue weighted by Gasteiger charge is -2.14. The van der Waals surface area contributed by atoms with Gasteiger partial charge in [0.2, 0.25) is 0 Å². The lowest BCUT2D eigenvalue weighted by Crippen LogP contribution is -2.34. The molecule has 25 heavy (non-hydrogen) atoms. The van der Waals surface area contributed by atoms with Crippen molar-refractivity contribution in [1.29, 1.82) is 0 Å². The molecule has 0 bridgehead atoms. The summed E-state index contributed by atoms with van der Waals surface area (Å²) in [5.41, 5.74) is 0. The summed E-state index contributed by atoms with van der Waals surface area (Å²) in [4.78, 5) is 11.9. The number of hydrogen-bond acceptors (Lipinski definition) is 3. The Hall–Kier alpha value is -2.49. The Morgan fingerprint density at radius 1 is 0.880 bits per heavy atom. The molecule has 0 aliphatic heterocycles. The molecule has 1 unspecified atom stereocenters. The summed E-state index contributed by atoms with van der Waals surface area (Å²) >= 11 is 0. The van der Waals surface area contributed by atoms with Crippen LogP contribution >= 0.6 is 0 Å². The van der Waals surface area contributed by atoms with Gasteiger partial charge in [-0.25, -0.2) is 4.79 Å². The maximum Gasteiger partial charge on any atom is 0.412 e. The highest BCUT2D eigenvalue weighted by molar-refractivity contribution is 5.70. The topological polar surface area (TPSA) is 47.6 Å². The Bertz CT molecular complexity index is 638. The Labute approximate surface area is 150 Å². The monoisotopic (exact) mass is 341 g/mol. The van der Waals surface area contributed by atoms with Crippen LogP contribution in [-0.2, 0) is 0 Å². The quantitative estimate of drug-likeness (QED) is 0.662. The predicted molar refractivity (Wildman–Crippen MR) is 100 cm³/mol. The van der Waals surface area contributed by atoms with E-state index in [9.17, 15) is 4.79 Å². The summed E-state index contributed by atoms with van der Waals surface area (Å²) in [5, 5.41) is 2.86. The zero-order valence-corrected chi connectivity index (χ0v) is 15.2. The summed E-state index contributed by atoms with van der Waals surface area (Å²) in [7, 11) is 0. The minimum absolute atomic E-state index is 0.104. The second kappa shape index (κ2) is 9.72. The molecule has 2 aromatic carbocycles. The number of rotatable bonds is 8. The molecule has 2 aromatic rings. The number of carbonyl (C=O) groups excluding carboxylic acids is 1. The molecular weight excluding hydrogens is 314 g/mol. The van der Waals surface area contributed by atoms with Crippen LogP contribution in [0.4, 0.5) is 4.79 Å². The van der Waals surface area contributed by atoms with Crippen molar-refractivity contribution in [2.45, 2.75) is 46.1 Å². The molecule has 0 spiro atoms. The molecule has 134 valence electrons. The maximum absolute atomic E-state index is 11.9. The minimum atomic E-state index is -0.422. The molecule has 0 saturated heterocycles. The standard InChI is InChI=1S/C21H27NO3/c1-16(2)8-7-9-17(3)22-21(23)25-20-14-12-19(13-15-20)24-18-10-5-4-6-11-18/h4-6,10-17H,7-9H2,1-3H3,(H,22,23). The SMILES string of the molecule is CC(C)CCCC(C)NC(=O)Oc1ccc(Oc2ccccc2)cc1. The lowest BCUT2D eigenvalue weighted by molar-refractivity contribution is 0.196. The Kier molecular flexibility index (Phi) is 7.33. The predicted octanol–water partition coefficient (Wildman–Crippen LogP) is 5.78. The molecule has 0 aliphatic rings. The first-order chi connectivity index (χ1) is 12.0. The zero-order chi connectivity index (χ0) is 18.1. The van der Waals surface area contributed by atoms with Crippen molar-refractivity contribution in [2.24, 2.45) is 5.92 Å². The highest BCUT2D eigenvalue weighted by Gasteiger charge is 2.10. The molecule has 0 radical (unpaired) electrons. The molecule has 1 atom stereocenters. The molecule has 2 rings (SSSR count). The van der Waals surface area contributed by atoms with Gasteiger partial charge in [0.1, 0.15) is 17.2 Å². The summed E-state index contributed by atoms with van der Waals surface area (Å²) in [6.45, 7) is 6.41. The van der Waals surface area contributed by atoms with Gasteiger partial charge >= 0.3 is 6.09 Å². The minimum Gasteiger partial charge on any atom is -0.457 e. The van der Waals surface area contributed by atoms with Crippen LogP contribution in [0.25, 0.3) is 0 Å². The fraction of sp³-hybridized carbons (Fsp3) is 0.381. The van der Waals surface area contributed by atoms with E-state index in [1.807, 2.05) is 37.3 Å². The number of amides is 1. The van der Waals surface area contributed by atoms with Gasteiger partial charge in [0.25, 0.3) is 0 Å². The first-order valence-electron chi connectivity index (χ1n) is 8.84. The molecule has 0 saturated carbocycles. The van der Waals surface area contributed by atoms with Crippen LogP contribution < -0.4 is 14.8 Å². The summed E-state index contributed by atoms with van der Waals surface area (Å²) < 4.78 is 11.0. The van der Waals surface area contributed by atoms with Crippen LogP contribution in [0.5, 0.6) is 17.2 Å². The van der Waals surface area contributed by atoms with Gasteiger partial charge in [-0.15, -0.1) is 0 Å². The van der Waals surface area contributed by atoms with E-state index in [1.165, 1.54) is 6.42 Å². The summed E-state index contributed by atoms with van der Waals surface area (Å²) in [6.07, 6.45) is 2.81. The molecule has 0 aromatic heterocycles. The number of ether oxygens (including phenoxy) is 2. The van der Waals surface area contributed by atoms with Crippen molar-refractivity contribution in [2.75, 3.05) is 0 Å². The molecule has 4 heteroatoms. The van der Waals surface area contributed by atoms with E-state index in [0.717, 1.165) is 18.6 Å². The molecule has 1 amide bonds. The molecule has 4 nitrogen and oxygen atoms in total. The van der Waals surface area contributed by atoms with Crippen LogP contribution in [0.1, 0.15) is 40.0 Å². The third-order valence-corrected chi connectivity index (χ3v) is 3.80.